The molecule has 1 fully saturated rings. The first kappa shape index (κ1) is 14.0. The van der Waals surface area contributed by atoms with E-state index < -0.39 is 21.1 Å². The molecule has 0 aliphatic carbocycles. The maximum Gasteiger partial charge on any atom is 0.186 e. The smallest absolute Gasteiger partial charge is 0.186 e. The molecule has 0 aromatic heterocycles. The lowest BCUT2D eigenvalue weighted by Gasteiger charge is -2.26. The standard InChI is InChI=1S/C11H14BrNO4S/c12-9-3-7(10(13)4-14)1-2-11(9)18(15,16)8-5-17-6-8/h1-3,8,10,14H,4-6,13H2. The second kappa shape index (κ2) is 5.26. The van der Waals surface area contributed by atoms with E-state index in [-0.39, 0.29) is 24.7 Å². The SMILES string of the molecule is NC(CO)c1ccc(S(=O)(=O)C2COC2)c(Br)c1. The van der Waals surface area contributed by atoms with Crippen LogP contribution in [0.3, 0.4) is 0 Å². The molecule has 0 amide bonds. The Kier molecular flexibility index (Phi) is 4.08. The van der Waals surface area contributed by atoms with Gasteiger partial charge < -0.3 is 15.6 Å². The highest BCUT2D eigenvalue weighted by Gasteiger charge is 2.35. The van der Waals surface area contributed by atoms with Crippen LogP contribution in [0.5, 0.6) is 0 Å². The van der Waals surface area contributed by atoms with E-state index in [1.807, 2.05) is 0 Å². The molecule has 2 rings (SSSR count). The first-order valence-electron chi connectivity index (χ1n) is 5.44. The zero-order valence-electron chi connectivity index (χ0n) is 9.54. The molecule has 1 aromatic carbocycles. The zero-order valence-corrected chi connectivity index (χ0v) is 11.9. The van der Waals surface area contributed by atoms with Gasteiger partial charge in [0.25, 0.3) is 0 Å². The highest BCUT2D eigenvalue weighted by atomic mass is 79.9. The van der Waals surface area contributed by atoms with E-state index in [0.29, 0.717) is 10.0 Å². The van der Waals surface area contributed by atoms with Gasteiger partial charge in [0.1, 0.15) is 5.25 Å². The van der Waals surface area contributed by atoms with E-state index >= 15 is 0 Å². The number of hydrogen-bond acceptors (Lipinski definition) is 5. The molecule has 1 unspecified atom stereocenters. The number of benzene rings is 1. The van der Waals surface area contributed by atoms with Crippen LogP contribution in [0, 0.1) is 0 Å². The molecule has 1 atom stereocenters. The summed E-state index contributed by atoms with van der Waals surface area (Å²) in [7, 11) is -3.36. The van der Waals surface area contributed by atoms with Crippen LogP contribution in [0.15, 0.2) is 27.6 Å². The Bertz CT molecular complexity index is 542. The largest absolute Gasteiger partial charge is 0.394 e. The molecule has 3 N–H and O–H groups in total. The number of sulfone groups is 1. The van der Waals surface area contributed by atoms with Crippen molar-refractivity contribution >= 4 is 25.8 Å². The van der Waals surface area contributed by atoms with Crippen LogP contribution in [0.25, 0.3) is 0 Å². The first-order valence-corrected chi connectivity index (χ1v) is 7.78. The second-order valence-corrected chi connectivity index (χ2v) is 7.23. The van der Waals surface area contributed by atoms with Crippen molar-refractivity contribution in [2.75, 3.05) is 19.8 Å². The van der Waals surface area contributed by atoms with E-state index in [1.54, 1.807) is 12.1 Å². The summed E-state index contributed by atoms with van der Waals surface area (Å²) in [6.45, 7) is 0.300. The first-order chi connectivity index (χ1) is 8.46. The third-order valence-electron chi connectivity index (χ3n) is 2.93. The number of aliphatic hydroxyl groups is 1. The van der Waals surface area contributed by atoms with Crippen molar-refractivity contribution < 1.29 is 18.3 Å². The number of nitrogens with two attached hydrogens (primary N) is 1. The molecular formula is C11H14BrNO4S. The van der Waals surface area contributed by atoms with Crippen molar-refractivity contribution in [3.05, 3.63) is 28.2 Å². The molecule has 1 aliphatic rings. The predicted octanol–water partition coefficient (Wildman–Crippen LogP) is 0.614. The van der Waals surface area contributed by atoms with Crippen LogP contribution in [0.1, 0.15) is 11.6 Å². The van der Waals surface area contributed by atoms with Crippen molar-refractivity contribution in [3.63, 3.8) is 0 Å². The summed E-state index contributed by atoms with van der Waals surface area (Å²) in [5, 5.41) is 8.50. The fourth-order valence-corrected chi connectivity index (χ4v) is 4.23. The van der Waals surface area contributed by atoms with Gasteiger partial charge in [0.05, 0.1) is 30.8 Å². The number of hydrogen-bond donors (Lipinski definition) is 2. The van der Waals surface area contributed by atoms with Crippen LogP contribution in [-0.2, 0) is 14.6 Å². The van der Waals surface area contributed by atoms with Crippen LogP contribution in [-0.4, -0.2) is 38.6 Å². The van der Waals surface area contributed by atoms with Crippen molar-refractivity contribution in [1.29, 1.82) is 0 Å². The normalized spacial score (nSPS) is 18.4. The summed E-state index contributed by atoms with van der Waals surface area (Å²) < 4.78 is 29.8. The Labute approximate surface area is 114 Å². The van der Waals surface area contributed by atoms with Gasteiger partial charge in [-0.15, -0.1) is 0 Å². The van der Waals surface area contributed by atoms with E-state index in [4.69, 9.17) is 15.6 Å². The van der Waals surface area contributed by atoms with Gasteiger partial charge in [-0.05, 0) is 33.6 Å². The third kappa shape index (κ3) is 2.46. The summed E-state index contributed by atoms with van der Waals surface area (Å²) >= 11 is 3.24. The quantitative estimate of drug-likeness (QED) is 0.841. The molecule has 0 saturated carbocycles. The molecule has 0 bridgehead atoms. The van der Waals surface area contributed by atoms with E-state index in [0.717, 1.165) is 0 Å². The molecule has 100 valence electrons. The molecule has 1 heterocycles. The van der Waals surface area contributed by atoms with Crippen molar-refractivity contribution in [1.82, 2.24) is 0 Å². The molecule has 1 aliphatic heterocycles. The van der Waals surface area contributed by atoms with Gasteiger partial charge in [-0.1, -0.05) is 6.07 Å². The minimum absolute atomic E-state index is 0.186. The monoisotopic (exact) mass is 335 g/mol. The van der Waals surface area contributed by atoms with E-state index in [9.17, 15) is 8.42 Å². The summed E-state index contributed by atoms with van der Waals surface area (Å²) in [6, 6.07) is 4.26. The Morgan fingerprint density at radius 1 is 1.50 bits per heavy atom. The Morgan fingerprint density at radius 2 is 2.17 bits per heavy atom. The molecule has 5 nitrogen and oxygen atoms in total. The maximum atomic E-state index is 12.2. The molecule has 1 aromatic rings. The highest BCUT2D eigenvalue weighted by molar-refractivity contribution is 9.10. The lowest BCUT2D eigenvalue weighted by molar-refractivity contribution is 0.0416. The van der Waals surface area contributed by atoms with Crippen LogP contribution in [0.4, 0.5) is 0 Å². The number of rotatable bonds is 4. The van der Waals surface area contributed by atoms with Gasteiger partial charge in [0, 0.05) is 4.47 Å². The average Bonchev–Trinajstić information content (AvgIpc) is 2.24. The minimum Gasteiger partial charge on any atom is -0.394 e. The highest BCUT2D eigenvalue weighted by Crippen LogP contribution is 2.30. The number of aliphatic hydroxyl groups excluding tert-OH is 1. The molecular weight excluding hydrogens is 322 g/mol. The predicted molar refractivity (Wildman–Crippen MR) is 69.9 cm³/mol. The van der Waals surface area contributed by atoms with Crippen LogP contribution in [0.2, 0.25) is 0 Å². The lowest BCUT2D eigenvalue weighted by Crippen LogP contribution is -2.40. The average molecular weight is 336 g/mol. The van der Waals surface area contributed by atoms with Crippen molar-refractivity contribution in [3.8, 4) is 0 Å². The Morgan fingerprint density at radius 3 is 2.61 bits per heavy atom. The molecule has 0 radical (unpaired) electrons. The van der Waals surface area contributed by atoms with Gasteiger partial charge >= 0.3 is 0 Å². The topological polar surface area (TPSA) is 89.6 Å². The molecule has 18 heavy (non-hydrogen) atoms. The van der Waals surface area contributed by atoms with Crippen molar-refractivity contribution in [2.45, 2.75) is 16.2 Å². The van der Waals surface area contributed by atoms with Crippen LogP contribution >= 0.6 is 15.9 Å². The fourth-order valence-electron chi connectivity index (χ4n) is 1.66. The summed E-state index contributed by atoms with van der Waals surface area (Å²) in [6.07, 6.45) is 0. The summed E-state index contributed by atoms with van der Waals surface area (Å²) in [5.74, 6) is 0. The minimum atomic E-state index is -3.36. The van der Waals surface area contributed by atoms with Crippen molar-refractivity contribution in [2.24, 2.45) is 5.73 Å². The number of ether oxygens (including phenoxy) is 1. The molecule has 0 spiro atoms. The van der Waals surface area contributed by atoms with Gasteiger partial charge in [0.2, 0.25) is 0 Å². The second-order valence-electron chi connectivity index (χ2n) is 4.18. The third-order valence-corrected chi connectivity index (χ3v) is 5.97. The molecule has 7 heteroatoms. The zero-order chi connectivity index (χ0) is 13.3. The summed E-state index contributed by atoms with van der Waals surface area (Å²) in [5.41, 5.74) is 6.37. The van der Waals surface area contributed by atoms with Gasteiger partial charge in [-0.25, -0.2) is 8.42 Å². The lowest BCUT2D eigenvalue weighted by atomic mass is 10.1. The summed E-state index contributed by atoms with van der Waals surface area (Å²) in [4.78, 5) is 0.240. The van der Waals surface area contributed by atoms with Gasteiger partial charge in [-0.2, -0.15) is 0 Å². The maximum absolute atomic E-state index is 12.2. The Balaban J connectivity index is 2.35. The van der Waals surface area contributed by atoms with Gasteiger partial charge in [-0.3, -0.25) is 0 Å². The van der Waals surface area contributed by atoms with Gasteiger partial charge in [0.15, 0.2) is 9.84 Å². The molecule has 1 saturated heterocycles. The number of halogens is 1. The van der Waals surface area contributed by atoms with E-state index in [2.05, 4.69) is 15.9 Å². The van der Waals surface area contributed by atoms with E-state index in [1.165, 1.54) is 6.07 Å². The van der Waals surface area contributed by atoms with Crippen LogP contribution < -0.4 is 5.73 Å². The fraction of sp³-hybridized carbons (Fsp3) is 0.455. The Hall–Kier alpha value is -0.470.